The second kappa shape index (κ2) is 5.63. The number of rotatable bonds is 3. The predicted molar refractivity (Wildman–Crippen MR) is 80.5 cm³/mol. The molecule has 2 aliphatic rings. The van der Waals surface area contributed by atoms with Crippen LogP contribution in [0, 0.1) is 39.9 Å². The van der Waals surface area contributed by atoms with E-state index in [0.29, 0.717) is 24.2 Å². The number of hydrogen-bond donors (Lipinski definition) is 1. The van der Waals surface area contributed by atoms with Crippen molar-refractivity contribution in [3.05, 3.63) is 11.3 Å². The van der Waals surface area contributed by atoms with Gasteiger partial charge in [-0.3, -0.25) is 10.2 Å². The van der Waals surface area contributed by atoms with Crippen LogP contribution in [0.4, 0.5) is 0 Å². The van der Waals surface area contributed by atoms with Crippen LogP contribution in [-0.2, 0) is 9.53 Å². The number of carbonyl (C=O) groups excluding carboxylic acids is 1. The highest BCUT2D eigenvalue weighted by Crippen LogP contribution is 2.47. The molecule has 0 saturated heterocycles. The molecular weight excluding hydrogens is 264 g/mol. The van der Waals surface area contributed by atoms with Gasteiger partial charge in [-0.2, -0.15) is 5.26 Å². The maximum Gasteiger partial charge on any atom is 0.204 e. The van der Waals surface area contributed by atoms with E-state index in [2.05, 4.69) is 19.9 Å². The van der Waals surface area contributed by atoms with Crippen LogP contribution in [0.5, 0.6) is 0 Å². The van der Waals surface area contributed by atoms with Crippen molar-refractivity contribution in [1.29, 1.82) is 10.7 Å². The Hall–Kier alpha value is -1.63. The minimum absolute atomic E-state index is 0.0126. The number of ketones is 1. The van der Waals surface area contributed by atoms with Gasteiger partial charge in [0.2, 0.25) is 5.90 Å². The number of nitrogens with zero attached hydrogens (tertiary/aromatic N) is 1. The third kappa shape index (κ3) is 2.74. The summed E-state index contributed by atoms with van der Waals surface area (Å²) in [6.07, 6.45) is 2.97. The molecule has 0 aromatic rings. The lowest BCUT2D eigenvalue weighted by Gasteiger charge is -2.41. The molecule has 114 valence electrons. The predicted octanol–water partition coefficient (Wildman–Crippen LogP) is 3.83. The molecule has 0 saturated carbocycles. The highest BCUT2D eigenvalue weighted by atomic mass is 16.5. The summed E-state index contributed by atoms with van der Waals surface area (Å²) in [5.74, 6) is 0.201. The maximum absolute atomic E-state index is 12.6. The first-order valence-electron chi connectivity index (χ1n) is 7.76. The second-order valence-corrected chi connectivity index (χ2v) is 6.95. The summed E-state index contributed by atoms with van der Waals surface area (Å²) in [5, 5.41) is 17.5. The van der Waals surface area contributed by atoms with Crippen LogP contribution in [0.3, 0.4) is 0 Å². The highest BCUT2D eigenvalue weighted by Gasteiger charge is 2.47. The molecule has 2 rings (SSSR count). The fourth-order valence-electron chi connectivity index (χ4n) is 3.71. The Balaban J connectivity index is 2.54. The van der Waals surface area contributed by atoms with Crippen molar-refractivity contribution in [1.82, 2.24) is 0 Å². The summed E-state index contributed by atoms with van der Waals surface area (Å²) in [5.41, 5.74) is 0.569. The summed E-state index contributed by atoms with van der Waals surface area (Å²) in [6.45, 7) is 8.26. The molecule has 2 atom stereocenters. The fourth-order valence-corrected chi connectivity index (χ4v) is 3.71. The molecule has 0 spiro atoms. The van der Waals surface area contributed by atoms with Crippen LogP contribution in [0.15, 0.2) is 11.3 Å². The Morgan fingerprint density at radius 3 is 2.52 bits per heavy atom. The number of allylic oxidation sites excluding steroid dienone is 2. The molecule has 0 radical (unpaired) electrons. The van der Waals surface area contributed by atoms with Gasteiger partial charge in [0.25, 0.3) is 0 Å². The number of Topliss-reactive ketones (excluding diaryl/α,β-unsaturated/α-hetero) is 1. The van der Waals surface area contributed by atoms with Gasteiger partial charge in [-0.15, -0.1) is 0 Å². The summed E-state index contributed by atoms with van der Waals surface area (Å²) in [4.78, 5) is 12.6. The van der Waals surface area contributed by atoms with Gasteiger partial charge in [-0.1, -0.05) is 40.5 Å². The minimum Gasteiger partial charge on any atom is -0.446 e. The van der Waals surface area contributed by atoms with E-state index in [1.807, 2.05) is 13.8 Å². The van der Waals surface area contributed by atoms with E-state index in [1.165, 1.54) is 0 Å². The van der Waals surface area contributed by atoms with E-state index in [0.717, 1.165) is 12.8 Å². The molecule has 4 nitrogen and oxygen atoms in total. The fraction of sp³-hybridized carbons (Fsp3) is 0.706. The SMILES string of the molecule is CCC(CC)C1C2=C(CC(C)(C)CC2=O)OC(=N)C1C#N. The van der Waals surface area contributed by atoms with Gasteiger partial charge >= 0.3 is 0 Å². The normalized spacial score (nSPS) is 28.2. The van der Waals surface area contributed by atoms with E-state index in [-0.39, 0.29) is 28.9 Å². The molecule has 0 fully saturated rings. The Bertz CT molecular complexity index is 535. The minimum atomic E-state index is -0.626. The molecule has 1 aliphatic heterocycles. The van der Waals surface area contributed by atoms with Gasteiger partial charge in [0.1, 0.15) is 11.7 Å². The van der Waals surface area contributed by atoms with Crippen LogP contribution < -0.4 is 0 Å². The average molecular weight is 288 g/mol. The van der Waals surface area contributed by atoms with Gasteiger partial charge in [-0.25, -0.2) is 0 Å². The van der Waals surface area contributed by atoms with Crippen molar-refractivity contribution in [2.45, 2.75) is 53.4 Å². The number of ether oxygens (including phenoxy) is 1. The van der Waals surface area contributed by atoms with Crippen molar-refractivity contribution in [2.75, 3.05) is 0 Å². The van der Waals surface area contributed by atoms with Gasteiger partial charge in [0, 0.05) is 24.3 Å². The average Bonchev–Trinajstić information content (AvgIpc) is 2.37. The van der Waals surface area contributed by atoms with Crippen LogP contribution in [0.2, 0.25) is 0 Å². The second-order valence-electron chi connectivity index (χ2n) is 6.95. The molecule has 1 N–H and O–H groups in total. The van der Waals surface area contributed by atoms with E-state index in [1.54, 1.807) is 0 Å². The smallest absolute Gasteiger partial charge is 0.204 e. The summed E-state index contributed by atoms with van der Waals surface area (Å²) in [7, 11) is 0. The molecule has 1 heterocycles. The van der Waals surface area contributed by atoms with Crippen LogP contribution in [-0.4, -0.2) is 11.7 Å². The highest BCUT2D eigenvalue weighted by molar-refractivity contribution is 6.00. The quantitative estimate of drug-likeness (QED) is 0.857. The Morgan fingerprint density at radius 2 is 2.00 bits per heavy atom. The lowest BCUT2D eigenvalue weighted by Crippen LogP contribution is -2.42. The number of carbonyl (C=O) groups is 1. The van der Waals surface area contributed by atoms with Crippen molar-refractivity contribution in [2.24, 2.45) is 23.2 Å². The lowest BCUT2D eigenvalue weighted by atomic mass is 9.66. The molecule has 0 aromatic heterocycles. The molecule has 4 heteroatoms. The van der Waals surface area contributed by atoms with Crippen LogP contribution >= 0.6 is 0 Å². The third-order valence-corrected chi connectivity index (χ3v) is 4.78. The first-order chi connectivity index (χ1) is 9.84. The van der Waals surface area contributed by atoms with Gasteiger partial charge in [-0.05, 0) is 11.3 Å². The van der Waals surface area contributed by atoms with Crippen molar-refractivity contribution >= 4 is 11.7 Å². The Labute approximate surface area is 126 Å². The standard InChI is InChI=1S/C17H24N2O2/c1-5-10(6-2)14-11(9-18)16(19)21-13-8-17(3,4)7-12(20)15(13)14/h10-11,14,19H,5-8H2,1-4H3. The maximum atomic E-state index is 12.6. The van der Waals surface area contributed by atoms with Gasteiger partial charge < -0.3 is 4.74 Å². The Kier molecular flexibility index (Phi) is 4.22. The zero-order chi connectivity index (χ0) is 15.8. The van der Waals surface area contributed by atoms with E-state index in [4.69, 9.17) is 10.1 Å². The van der Waals surface area contributed by atoms with Crippen molar-refractivity contribution < 1.29 is 9.53 Å². The number of hydrogen-bond acceptors (Lipinski definition) is 4. The van der Waals surface area contributed by atoms with Crippen molar-refractivity contribution in [3.63, 3.8) is 0 Å². The molecule has 0 amide bonds. The van der Waals surface area contributed by atoms with Crippen molar-refractivity contribution in [3.8, 4) is 6.07 Å². The van der Waals surface area contributed by atoms with Gasteiger partial charge in [0.15, 0.2) is 5.78 Å². The van der Waals surface area contributed by atoms with E-state index < -0.39 is 5.92 Å². The first kappa shape index (κ1) is 15.8. The summed E-state index contributed by atoms with van der Waals surface area (Å²) < 4.78 is 5.59. The zero-order valence-corrected chi connectivity index (χ0v) is 13.3. The molecule has 0 bridgehead atoms. The molecule has 21 heavy (non-hydrogen) atoms. The largest absolute Gasteiger partial charge is 0.446 e. The molecule has 1 aliphatic carbocycles. The third-order valence-electron chi connectivity index (χ3n) is 4.78. The monoisotopic (exact) mass is 288 g/mol. The summed E-state index contributed by atoms with van der Waals surface area (Å²) in [6, 6.07) is 2.19. The Morgan fingerprint density at radius 1 is 1.38 bits per heavy atom. The van der Waals surface area contributed by atoms with E-state index in [9.17, 15) is 10.1 Å². The first-order valence-corrected chi connectivity index (χ1v) is 7.76. The van der Waals surface area contributed by atoms with E-state index >= 15 is 0 Å². The topological polar surface area (TPSA) is 73.9 Å². The van der Waals surface area contributed by atoms with Crippen LogP contribution in [0.25, 0.3) is 0 Å². The van der Waals surface area contributed by atoms with Gasteiger partial charge in [0.05, 0.1) is 6.07 Å². The van der Waals surface area contributed by atoms with Crippen LogP contribution in [0.1, 0.15) is 53.4 Å². The molecule has 0 aromatic carbocycles. The zero-order valence-electron chi connectivity index (χ0n) is 13.3. The molecular formula is C17H24N2O2. The number of nitriles is 1. The lowest BCUT2D eigenvalue weighted by molar-refractivity contribution is -0.119. The molecule has 2 unspecified atom stereocenters. The summed E-state index contributed by atoms with van der Waals surface area (Å²) >= 11 is 0. The number of nitrogens with one attached hydrogen (secondary N) is 1.